The molecule has 0 spiro atoms. The third-order valence-electron chi connectivity index (χ3n) is 2.58. The zero-order valence-electron chi connectivity index (χ0n) is 8.87. The van der Waals surface area contributed by atoms with Gasteiger partial charge in [0.15, 0.2) is 0 Å². The number of aromatic nitrogens is 1. The van der Waals surface area contributed by atoms with Gasteiger partial charge in [-0.1, -0.05) is 6.07 Å². The molecule has 1 aliphatic heterocycles. The average Bonchev–Trinajstić information content (AvgIpc) is 2.39. The second-order valence-electron chi connectivity index (χ2n) is 3.62. The maximum atomic E-state index is 12.1. The molecule has 1 aromatic heterocycles. The van der Waals surface area contributed by atoms with Crippen LogP contribution in [-0.2, 0) is 4.74 Å². The monoisotopic (exact) mass is 222 g/mol. The molecule has 0 aliphatic carbocycles. The summed E-state index contributed by atoms with van der Waals surface area (Å²) in [5.41, 5.74) is 0.405. The first-order chi connectivity index (χ1) is 7.83. The Kier molecular flexibility index (Phi) is 3.48. The Morgan fingerprint density at radius 1 is 1.62 bits per heavy atom. The highest BCUT2D eigenvalue weighted by Gasteiger charge is 2.27. The maximum absolute atomic E-state index is 12.1. The summed E-state index contributed by atoms with van der Waals surface area (Å²) >= 11 is 0. The fourth-order valence-electron chi connectivity index (χ4n) is 1.71. The molecule has 0 aromatic carbocycles. The van der Waals surface area contributed by atoms with Gasteiger partial charge in [0.05, 0.1) is 25.9 Å². The fraction of sp³-hybridized carbons (Fsp3) is 0.455. The van der Waals surface area contributed by atoms with E-state index in [1.54, 1.807) is 29.3 Å². The molecule has 0 bridgehead atoms. The molecule has 5 heteroatoms. The van der Waals surface area contributed by atoms with Crippen LogP contribution in [0.15, 0.2) is 24.4 Å². The lowest BCUT2D eigenvalue weighted by Gasteiger charge is -2.34. The summed E-state index contributed by atoms with van der Waals surface area (Å²) in [6.07, 6.45) is 1.58. The average molecular weight is 222 g/mol. The molecule has 0 radical (unpaired) electrons. The molecule has 1 saturated heterocycles. The minimum absolute atomic E-state index is 0.0847. The molecule has 1 N–H and O–H groups in total. The summed E-state index contributed by atoms with van der Waals surface area (Å²) in [5, 5.41) is 9.16. The van der Waals surface area contributed by atoms with Crippen LogP contribution in [0.1, 0.15) is 10.5 Å². The van der Waals surface area contributed by atoms with Crippen molar-refractivity contribution < 1.29 is 14.6 Å². The van der Waals surface area contributed by atoms with Crippen LogP contribution in [-0.4, -0.2) is 53.3 Å². The number of rotatable bonds is 2. The second-order valence-corrected chi connectivity index (χ2v) is 3.62. The molecule has 1 atom stereocenters. The number of hydrogen-bond donors (Lipinski definition) is 1. The summed E-state index contributed by atoms with van der Waals surface area (Å²) in [7, 11) is 0. The lowest BCUT2D eigenvalue weighted by Crippen LogP contribution is -2.50. The Hall–Kier alpha value is -1.46. The van der Waals surface area contributed by atoms with Gasteiger partial charge >= 0.3 is 0 Å². The van der Waals surface area contributed by atoms with Crippen LogP contribution in [0.25, 0.3) is 0 Å². The standard InChI is InChI=1S/C11H14N2O3/c14-7-9-8-16-6-5-13(9)11(15)10-3-1-2-4-12-10/h1-4,9,14H,5-8H2. The summed E-state index contributed by atoms with van der Waals surface area (Å²) < 4.78 is 5.21. The van der Waals surface area contributed by atoms with Crippen LogP contribution in [0, 0.1) is 0 Å². The molecule has 1 unspecified atom stereocenters. The molecule has 1 fully saturated rings. The molecule has 1 aliphatic rings. The van der Waals surface area contributed by atoms with Crippen molar-refractivity contribution in [1.29, 1.82) is 0 Å². The molecular weight excluding hydrogens is 208 g/mol. The van der Waals surface area contributed by atoms with Crippen molar-refractivity contribution in [2.75, 3.05) is 26.4 Å². The van der Waals surface area contributed by atoms with Crippen molar-refractivity contribution in [3.05, 3.63) is 30.1 Å². The van der Waals surface area contributed by atoms with Gasteiger partial charge in [-0.25, -0.2) is 0 Å². The van der Waals surface area contributed by atoms with Gasteiger partial charge in [-0.2, -0.15) is 0 Å². The van der Waals surface area contributed by atoms with Gasteiger partial charge in [-0.05, 0) is 12.1 Å². The van der Waals surface area contributed by atoms with Crippen molar-refractivity contribution in [3.8, 4) is 0 Å². The van der Waals surface area contributed by atoms with Crippen LogP contribution in [0.2, 0.25) is 0 Å². The van der Waals surface area contributed by atoms with Crippen molar-refractivity contribution >= 4 is 5.91 Å². The van der Waals surface area contributed by atoms with Crippen LogP contribution >= 0.6 is 0 Å². The van der Waals surface area contributed by atoms with Crippen LogP contribution in [0.3, 0.4) is 0 Å². The minimum atomic E-state index is -0.261. The van der Waals surface area contributed by atoms with Gasteiger partial charge in [0, 0.05) is 12.7 Å². The Balaban J connectivity index is 2.14. The summed E-state index contributed by atoms with van der Waals surface area (Å²) in [6, 6.07) is 4.95. The normalized spacial score (nSPS) is 20.8. The zero-order chi connectivity index (χ0) is 11.4. The van der Waals surface area contributed by atoms with Crippen molar-refractivity contribution in [2.45, 2.75) is 6.04 Å². The summed E-state index contributed by atoms with van der Waals surface area (Å²) in [6.45, 7) is 1.31. The van der Waals surface area contributed by atoms with Crippen LogP contribution < -0.4 is 0 Å². The third-order valence-corrected chi connectivity index (χ3v) is 2.58. The zero-order valence-corrected chi connectivity index (χ0v) is 8.87. The number of pyridine rings is 1. The predicted molar refractivity (Wildman–Crippen MR) is 57.0 cm³/mol. The highest BCUT2D eigenvalue weighted by atomic mass is 16.5. The molecule has 86 valence electrons. The lowest BCUT2D eigenvalue weighted by atomic mass is 10.2. The number of hydrogen-bond acceptors (Lipinski definition) is 4. The van der Waals surface area contributed by atoms with Crippen molar-refractivity contribution in [3.63, 3.8) is 0 Å². The third kappa shape index (κ3) is 2.20. The number of aliphatic hydroxyl groups excluding tert-OH is 1. The Morgan fingerprint density at radius 2 is 2.50 bits per heavy atom. The number of carbonyl (C=O) groups is 1. The van der Waals surface area contributed by atoms with E-state index >= 15 is 0 Å². The number of carbonyl (C=O) groups excluding carboxylic acids is 1. The van der Waals surface area contributed by atoms with E-state index in [-0.39, 0.29) is 18.6 Å². The lowest BCUT2D eigenvalue weighted by molar-refractivity contribution is -0.0186. The number of morpholine rings is 1. The van der Waals surface area contributed by atoms with E-state index in [0.29, 0.717) is 25.5 Å². The Labute approximate surface area is 93.7 Å². The first kappa shape index (κ1) is 11.0. The van der Waals surface area contributed by atoms with Gasteiger partial charge in [-0.15, -0.1) is 0 Å². The summed E-state index contributed by atoms with van der Waals surface area (Å²) in [5.74, 6) is -0.150. The smallest absolute Gasteiger partial charge is 0.272 e. The van der Waals surface area contributed by atoms with E-state index in [9.17, 15) is 4.79 Å². The second kappa shape index (κ2) is 5.05. The Bertz CT molecular complexity index is 356. The van der Waals surface area contributed by atoms with Gasteiger partial charge in [0.25, 0.3) is 5.91 Å². The molecule has 1 amide bonds. The minimum Gasteiger partial charge on any atom is -0.394 e. The Morgan fingerprint density at radius 3 is 3.19 bits per heavy atom. The molecular formula is C11H14N2O3. The number of aliphatic hydroxyl groups is 1. The maximum Gasteiger partial charge on any atom is 0.272 e. The number of nitrogens with zero attached hydrogens (tertiary/aromatic N) is 2. The van der Waals surface area contributed by atoms with Crippen molar-refractivity contribution in [2.24, 2.45) is 0 Å². The molecule has 5 nitrogen and oxygen atoms in total. The molecule has 2 heterocycles. The number of ether oxygens (including phenoxy) is 1. The molecule has 16 heavy (non-hydrogen) atoms. The highest BCUT2D eigenvalue weighted by Crippen LogP contribution is 2.10. The van der Waals surface area contributed by atoms with E-state index in [1.807, 2.05) is 0 Å². The van der Waals surface area contributed by atoms with Crippen molar-refractivity contribution in [1.82, 2.24) is 9.88 Å². The van der Waals surface area contributed by atoms with E-state index < -0.39 is 0 Å². The van der Waals surface area contributed by atoms with Crippen LogP contribution in [0.4, 0.5) is 0 Å². The molecule has 0 saturated carbocycles. The van der Waals surface area contributed by atoms with Gasteiger partial charge in [0.2, 0.25) is 0 Å². The van der Waals surface area contributed by atoms with E-state index in [0.717, 1.165) is 0 Å². The highest BCUT2D eigenvalue weighted by molar-refractivity contribution is 5.92. The molecule has 2 rings (SSSR count). The summed E-state index contributed by atoms with van der Waals surface area (Å²) in [4.78, 5) is 17.7. The van der Waals surface area contributed by atoms with E-state index in [2.05, 4.69) is 4.98 Å². The fourth-order valence-corrected chi connectivity index (χ4v) is 1.71. The molecule has 1 aromatic rings. The first-order valence-electron chi connectivity index (χ1n) is 5.23. The van der Waals surface area contributed by atoms with Crippen LogP contribution in [0.5, 0.6) is 0 Å². The first-order valence-corrected chi connectivity index (χ1v) is 5.23. The quantitative estimate of drug-likeness (QED) is 0.760. The van der Waals surface area contributed by atoms with Gasteiger partial charge in [-0.3, -0.25) is 9.78 Å². The van der Waals surface area contributed by atoms with E-state index in [4.69, 9.17) is 9.84 Å². The largest absolute Gasteiger partial charge is 0.394 e. The SMILES string of the molecule is O=C(c1ccccn1)N1CCOCC1CO. The van der Waals surface area contributed by atoms with Gasteiger partial charge < -0.3 is 14.7 Å². The van der Waals surface area contributed by atoms with E-state index in [1.165, 1.54) is 0 Å². The topological polar surface area (TPSA) is 62.7 Å². The predicted octanol–water partition coefficient (Wildman–Crippen LogP) is -0.0851. The number of amides is 1. The van der Waals surface area contributed by atoms with Gasteiger partial charge in [0.1, 0.15) is 5.69 Å².